The summed E-state index contributed by atoms with van der Waals surface area (Å²) in [6, 6.07) is 12.5. The first kappa shape index (κ1) is 12.3. The number of benzene rings is 1. The summed E-state index contributed by atoms with van der Waals surface area (Å²) in [7, 11) is 0. The van der Waals surface area contributed by atoms with Crippen LogP contribution in [0.25, 0.3) is 22.3 Å². The van der Waals surface area contributed by atoms with Crippen LogP contribution in [0.15, 0.2) is 48.7 Å². The number of nitrogens with zero attached hydrogens (tertiary/aromatic N) is 2. The lowest BCUT2D eigenvalue weighted by Gasteiger charge is -2.10. The second kappa shape index (κ2) is 4.74. The van der Waals surface area contributed by atoms with Crippen molar-refractivity contribution in [3.63, 3.8) is 0 Å². The molecule has 0 fully saturated rings. The topological polar surface area (TPSA) is 65.9 Å². The van der Waals surface area contributed by atoms with Crippen LogP contribution in [0, 0.1) is 6.92 Å². The van der Waals surface area contributed by atoms with Crippen LogP contribution in [0.4, 0.5) is 0 Å². The Kier molecular flexibility index (Phi) is 2.91. The maximum Gasteiger partial charge on any atom is 0.0900 e. The summed E-state index contributed by atoms with van der Waals surface area (Å²) in [4.78, 5) is 20.0. The number of carboxylic acid groups (broad SMARTS) is 1. The molecule has 0 aliphatic heterocycles. The van der Waals surface area contributed by atoms with Crippen molar-refractivity contribution < 1.29 is 9.90 Å². The van der Waals surface area contributed by atoms with Crippen molar-refractivity contribution in [2.45, 2.75) is 6.92 Å². The number of carboxylic acids is 1. The lowest BCUT2D eigenvalue weighted by molar-refractivity contribution is -0.254. The number of fused-ring (bicyclic) bond motifs is 1. The van der Waals surface area contributed by atoms with E-state index in [1.165, 1.54) is 6.07 Å². The van der Waals surface area contributed by atoms with E-state index < -0.39 is 5.97 Å². The molecule has 0 radical (unpaired) electrons. The third-order valence-electron chi connectivity index (χ3n) is 3.11. The molecular formula is C16H11N2O2-. The predicted molar refractivity (Wildman–Crippen MR) is 74.0 cm³/mol. The summed E-state index contributed by atoms with van der Waals surface area (Å²) in [5, 5.41) is 11.9. The van der Waals surface area contributed by atoms with Crippen LogP contribution in [0.5, 0.6) is 0 Å². The number of hydrogen-bond donors (Lipinski definition) is 0. The molecule has 3 aromatic rings. The fraction of sp³-hybridized carbons (Fsp3) is 0.0625. The minimum atomic E-state index is -1.21. The largest absolute Gasteiger partial charge is 0.545 e. The Morgan fingerprint density at radius 2 is 1.95 bits per heavy atom. The molecule has 4 heteroatoms. The molecule has 20 heavy (non-hydrogen) atoms. The highest BCUT2D eigenvalue weighted by Crippen LogP contribution is 2.24. The van der Waals surface area contributed by atoms with Gasteiger partial charge in [0.1, 0.15) is 0 Å². The van der Waals surface area contributed by atoms with Gasteiger partial charge < -0.3 is 9.90 Å². The van der Waals surface area contributed by atoms with E-state index in [0.29, 0.717) is 22.3 Å². The number of hydrogen-bond acceptors (Lipinski definition) is 4. The number of pyridine rings is 2. The molecule has 0 spiro atoms. The lowest BCUT2D eigenvalue weighted by Crippen LogP contribution is -2.22. The molecule has 2 aromatic heterocycles. The Bertz CT molecular complexity index is 798. The van der Waals surface area contributed by atoms with Gasteiger partial charge in [0, 0.05) is 17.1 Å². The molecule has 0 saturated heterocycles. The number of aromatic carboxylic acids is 1. The highest BCUT2D eigenvalue weighted by atomic mass is 16.4. The van der Waals surface area contributed by atoms with Crippen LogP contribution in [0.2, 0.25) is 0 Å². The molecule has 0 unspecified atom stereocenters. The zero-order chi connectivity index (χ0) is 14.1. The fourth-order valence-electron chi connectivity index (χ4n) is 2.15. The van der Waals surface area contributed by atoms with Gasteiger partial charge in [0.05, 0.1) is 22.9 Å². The SMILES string of the molecule is Cc1ccc2nc(-c3ccccn3)cc(C(=O)[O-])c2c1. The van der Waals surface area contributed by atoms with Gasteiger partial charge in [0.25, 0.3) is 0 Å². The number of carbonyl (C=O) groups is 1. The summed E-state index contributed by atoms with van der Waals surface area (Å²) in [5.41, 5.74) is 2.91. The predicted octanol–water partition coefficient (Wildman–Crippen LogP) is 1.97. The molecule has 0 atom stereocenters. The molecule has 0 saturated carbocycles. The molecule has 0 bridgehead atoms. The quantitative estimate of drug-likeness (QED) is 0.709. The van der Waals surface area contributed by atoms with E-state index in [0.717, 1.165) is 5.56 Å². The zero-order valence-corrected chi connectivity index (χ0v) is 10.8. The molecule has 1 aromatic carbocycles. The van der Waals surface area contributed by atoms with Gasteiger partial charge in [-0.25, -0.2) is 4.98 Å². The van der Waals surface area contributed by atoms with Crippen molar-refractivity contribution in [3.8, 4) is 11.4 Å². The van der Waals surface area contributed by atoms with E-state index in [1.54, 1.807) is 24.4 Å². The molecule has 0 amide bonds. The highest BCUT2D eigenvalue weighted by Gasteiger charge is 2.09. The van der Waals surface area contributed by atoms with Gasteiger partial charge in [-0.15, -0.1) is 0 Å². The molecule has 4 nitrogen and oxygen atoms in total. The molecule has 0 aliphatic rings. The Morgan fingerprint density at radius 3 is 2.65 bits per heavy atom. The van der Waals surface area contributed by atoms with Crippen LogP contribution in [-0.4, -0.2) is 15.9 Å². The average molecular weight is 263 g/mol. The Balaban J connectivity index is 2.32. The van der Waals surface area contributed by atoms with Gasteiger partial charge in [0.2, 0.25) is 0 Å². The zero-order valence-electron chi connectivity index (χ0n) is 10.8. The first-order valence-electron chi connectivity index (χ1n) is 6.19. The van der Waals surface area contributed by atoms with E-state index in [-0.39, 0.29) is 5.56 Å². The number of rotatable bonds is 2. The van der Waals surface area contributed by atoms with E-state index in [1.807, 2.05) is 25.1 Å². The van der Waals surface area contributed by atoms with Crippen LogP contribution in [-0.2, 0) is 0 Å². The first-order valence-corrected chi connectivity index (χ1v) is 6.19. The van der Waals surface area contributed by atoms with Gasteiger partial charge in [-0.3, -0.25) is 4.98 Å². The number of carbonyl (C=O) groups excluding carboxylic acids is 1. The van der Waals surface area contributed by atoms with E-state index in [9.17, 15) is 9.90 Å². The monoisotopic (exact) mass is 263 g/mol. The molecule has 98 valence electrons. The van der Waals surface area contributed by atoms with E-state index in [2.05, 4.69) is 9.97 Å². The summed E-state index contributed by atoms with van der Waals surface area (Å²) in [6.45, 7) is 1.91. The second-order valence-electron chi connectivity index (χ2n) is 4.58. The van der Waals surface area contributed by atoms with Crippen molar-refractivity contribution in [1.82, 2.24) is 9.97 Å². The molecule has 0 N–H and O–H groups in total. The maximum atomic E-state index is 11.4. The van der Waals surface area contributed by atoms with Crippen LogP contribution < -0.4 is 5.11 Å². The van der Waals surface area contributed by atoms with Crippen LogP contribution in [0.1, 0.15) is 15.9 Å². The Labute approximate surface area is 115 Å². The smallest absolute Gasteiger partial charge is 0.0900 e. The van der Waals surface area contributed by atoms with Crippen molar-refractivity contribution in [2.24, 2.45) is 0 Å². The minimum absolute atomic E-state index is 0.138. The molecule has 3 rings (SSSR count). The van der Waals surface area contributed by atoms with Gasteiger partial charge in [0.15, 0.2) is 0 Å². The van der Waals surface area contributed by atoms with Crippen molar-refractivity contribution in [1.29, 1.82) is 0 Å². The number of aromatic nitrogens is 2. The first-order chi connectivity index (χ1) is 9.65. The summed E-state index contributed by atoms with van der Waals surface area (Å²) in [5.74, 6) is -1.21. The van der Waals surface area contributed by atoms with Crippen LogP contribution >= 0.6 is 0 Å². The minimum Gasteiger partial charge on any atom is -0.545 e. The Morgan fingerprint density at radius 1 is 1.10 bits per heavy atom. The third kappa shape index (κ3) is 2.12. The molecule has 2 heterocycles. The fourth-order valence-corrected chi connectivity index (χ4v) is 2.15. The molecular weight excluding hydrogens is 252 g/mol. The van der Waals surface area contributed by atoms with Crippen molar-refractivity contribution in [3.05, 3.63) is 59.8 Å². The second-order valence-corrected chi connectivity index (χ2v) is 4.58. The standard InChI is InChI=1S/C16H12N2O2/c1-10-5-6-13-11(8-10)12(16(19)20)9-15(18-13)14-4-2-3-7-17-14/h2-9H,1H3,(H,19,20)/p-1. The van der Waals surface area contributed by atoms with E-state index >= 15 is 0 Å². The average Bonchev–Trinajstić information content (AvgIpc) is 2.47. The van der Waals surface area contributed by atoms with Crippen LogP contribution in [0.3, 0.4) is 0 Å². The van der Waals surface area contributed by atoms with Gasteiger partial charge in [-0.1, -0.05) is 17.7 Å². The maximum absolute atomic E-state index is 11.4. The summed E-state index contributed by atoms with van der Waals surface area (Å²) >= 11 is 0. The van der Waals surface area contributed by atoms with Gasteiger partial charge >= 0.3 is 0 Å². The number of aryl methyl sites for hydroxylation is 1. The summed E-state index contributed by atoms with van der Waals surface area (Å²) in [6.07, 6.45) is 1.65. The lowest BCUT2D eigenvalue weighted by atomic mass is 10.0. The van der Waals surface area contributed by atoms with Gasteiger partial charge in [-0.2, -0.15) is 0 Å². The third-order valence-corrected chi connectivity index (χ3v) is 3.11. The Hall–Kier alpha value is -2.75. The highest BCUT2D eigenvalue weighted by molar-refractivity contribution is 6.02. The summed E-state index contributed by atoms with van der Waals surface area (Å²) < 4.78 is 0. The van der Waals surface area contributed by atoms with E-state index in [4.69, 9.17) is 0 Å². The molecule has 0 aliphatic carbocycles. The normalized spacial score (nSPS) is 10.7. The van der Waals surface area contributed by atoms with Gasteiger partial charge in [-0.05, 0) is 37.3 Å². The van der Waals surface area contributed by atoms with Crippen molar-refractivity contribution in [2.75, 3.05) is 0 Å². The van der Waals surface area contributed by atoms with Crippen molar-refractivity contribution >= 4 is 16.9 Å².